The van der Waals surface area contributed by atoms with Gasteiger partial charge in [-0.15, -0.1) is 11.8 Å². The van der Waals surface area contributed by atoms with Gasteiger partial charge in [-0.05, 0) is 42.5 Å². The third kappa shape index (κ3) is 3.12. The fourth-order valence-corrected chi connectivity index (χ4v) is 4.14. The van der Waals surface area contributed by atoms with Crippen molar-refractivity contribution in [2.45, 2.75) is 18.2 Å². The maximum atomic E-state index is 12.6. The molecule has 0 spiro atoms. The maximum Gasteiger partial charge on any atom is 0.280 e. The summed E-state index contributed by atoms with van der Waals surface area (Å²) in [5, 5.41) is 0. The van der Waals surface area contributed by atoms with Crippen molar-refractivity contribution in [3.8, 4) is 0 Å². The number of carbonyl (C=O) groups excluding carboxylic acids is 1. The molecule has 3 aromatic rings. The summed E-state index contributed by atoms with van der Waals surface area (Å²) >= 11 is 3.12. The highest BCUT2D eigenvalue weighted by Gasteiger charge is 2.11. The lowest BCUT2D eigenvalue weighted by Crippen LogP contribution is -2.13. The molecule has 23 heavy (non-hydrogen) atoms. The van der Waals surface area contributed by atoms with Gasteiger partial charge in [0.1, 0.15) is 0 Å². The van der Waals surface area contributed by atoms with E-state index in [0.717, 1.165) is 26.3 Å². The fraction of sp³-hybridized carbons (Fsp3) is 0.222. The molecule has 5 heteroatoms. The van der Waals surface area contributed by atoms with Gasteiger partial charge in [0.2, 0.25) is 0 Å². The summed E-state index contributed by atoms with van der Waals surface area (Å²) in [6, 6.07) is 14.0. The molecule has 0 aliphatic carbocycles. The first kappa shape index (κ1) is 16.0. The van der Waals surface area contributed by atoms with Crippen LogP contribution >= 0.6 is 23.1 Å². The first-order valence-electron chi connectivity index (χ1n) is 7.44. The average molecular weight is 342 g/mol. The molecule has 3 nitrogen and oxygen atoms in total. The molecule has 0 fully saturated rings. The highest BCUT2D eigenvalue weighted by Crippen LogP contribution is 2.21. The molecule has 0 saturated heterocycles. The van der Waals surface area contributed by atoms with Gasteiger partial charge in [-0.2, -0.15) is 4.99 Å². The number of aromatic nitrogens is 1. The van der Waals surface area contributed by atoms with Crippen LogP contribution in [0, 0.1) is 0 Å². The van der Waals surface area contributed by atoms with Crippen molar-refractivity contribution < 1.29 is 4.79 Å². The standard InChI is InChI=1S/C18H18N2OS2/c1-4-12-9-10-14-16(11-12)23-18(20(14)2)19-17(21)13-7-5-6-8-15(13)22-3/h5-11H,4H2,1-3H3. The second-order valence-corrected chi connectivity index (χ2v) is 7.07. The second kappa shape index (κ2) is 6.72. The van der Waals surface area contributed by atoms with Gasteiger partial charge in [0.25, 0.3) is 5.91 Å². The number of aryl methyl sites for hydroxylation is 2. The van der Waals surface area contributed by atoms with E-state index in [1.54, 1.807) is 23.1 Å². The number of hydrogen-bond donors (Lipinski definition) is 0. The van der Waals surface area contributed by atoms with Crippen molar-refractivity contribution in [1.82, 2.24) is 4.57 Å². The van der Waals surface area contributed by atoms with Gasteiger partial charge < -0.3 is 4.57 Å². The lowest BCUT2D eigenvalue weighted by Gasteiger charge is -2.02. The zero-order valence-corrected chi connectivity index (χ0v) is 15.0. The van der Waals surface area contributed by atoms with E-state index in [2.05, 4.69) is 30.1 Å². The van der Waals surface area contributed by atoms with Crippen molar-refractivity contribution >= 4 is 39.2 Å². The molecule has 0 unspecified atom stereocenters. The SMILES string of the molecule is CCc1ccc2c(c1)sc(=NC(=O)c1ccccc1SC)n2C. The Kier molecular flexibility index (Phi) is 4.68. The maximum absolute atomic E-state index is 12.6. The van der Waals surface area contributed by atoms with Gasteiger partial charge in [-0.25, -0.2) is 0 Å². The molecule has 0 N–H and O–H groups in total. The Morgan fingerprint density at radius 1 is 1.26 bits per heavy atom. The summed E-state index contributed by atoms with van der Waals surface area (Å²) in [5.41, 5.74) is 3.06. The monoisotopic (exact) mass is 342 g/mol. The Bertz CT molecular complexity index is 938. The van der Waals surface area contributed by atoms with Crippen molar-refractivity contribution in [3.05, 3.63) is 58.4 Å². The molecule has 0 aliphatic rings. The van der Waals surface area contributed by atoms with Gasteiger partial charge in [-0.1, -0.05) is 36.5 Å². The summed E-state index contributed by atoms with van der Waals surface area (Å²) < 4.78 is 3.15. The third-order valence-electron chi connectivity index (χ3n) is 3.82. The molecule has 0 bridgehead atoms. The van der Waals surface area contributed by atoms with E-state index in [4.69, 9.17) is 0 Å². The quantitative estimate of drug-likeness (QED) is 0.666. The van der Waals surface area contributed by atoms with Gasteiger partial charge in [-0.3, -0.25) is 4.79 Å². The Morgan fingerprint density at radius 2 is 2.04 bits per heavy atom. The van der Waals surface area contributed by atoms with Gasteiger partial charge >= 0.3 is 0 Å². The molecule has 1 heterocycles. The number of nitrogens with zero attached hydrogens (tertiary/aromatic N) is 2. The van der Waals surface area contributed by atoms with Gasteiger partial charge in [0.15, 0.2) is 4.80 Å². The number of carbonyl (C=O) groups is 1. The zero-order chi connectivity index (χ0) is 16.4. The first-order chi connectivity index (χ1) is 11.1. The largest absolute Gasteiger partial charge is 0.319 e. The predicted molar refractivity (Wildman–Crippen MR) is 98.3 cm³/mol. The highest BCUT2D eigenvalue weighted by atomic mass is 32.2. The smallest absolute Gasteiger partial charge is 0.280 e. The third-order valence-corrected chi connectivity index (χ3v) is 5.71. The molecule has 0 atom stereocenters. The number of thioether (sulfide) groups is 1. The van der Waals surface area contributed by atoms with E-state index in [0.29, 0.717) is 5.56 Å². The molecule has 0 aliphatic heterocycles. The predicted octanol–water partition coefficient (Wildman–Crippen LogP) is 4.27. The molecule has 3 rings (SSSR count). The summed E-state index contributed by atoms with van der Waals surface area (Å²) in [7, 11) is 1.96. The molecule has 0 saturated carbocycles. The minimum absolute atomic E-state index is 0.187. The van der Waals surface area contributed by atoms with Crippen LogP contribution in [0.1, 0.15) is 22.8 Å². The van der Waals surface area contributed by atoms with E-state index in [1.807, 2.05) is 42.1 Å². The fourth-order valence-electron chi connectivity index (χ4n) is 2.47. The van der Waals surface area contributed by atoms with Crippen molar-refractivity contribution in [2.75, 3.05) is 6.26 Å². The van der Waals surface area contributed by atoms with Crippen molar-refractivity contribution in [2.24, 2.45) is 12.0 Å². The van der Waals surface area contributed by atoms with Gasteiger partial charge in [0.05, 0.1) is 15.8 Å². The number of benzene rings is 2. The minimum atomic E-state index is -0.187. The van der Waals surface area contributed by atoms with Crippen LogP contribution in [-0.2, 0) is 13.5 Å². The average Bonchev–Trinajstić information content (AvgIpc) is 2.89. The van der Waals surface area contributed by atoms with Crippen molar-refractivity contribution in [3.63, 3.8) is 0 Å². The first-order valence-corrected chi connectivity index (χ1v) is 9.48. The Labute approximate surface area is 143 Å². The van der Waals surface area contributed by atoms with E-state index in [9.17, 15) is 4.79 Å². The Balaban J connectivity index is 2.10. The van der Waals surface area contributed by atoms with Crippen LogP contribution in [0.15, 0.2) is 52.4 Å². The van der Waals surface area contributed by atoms with Gasteiger partial charge in [0, 0.05) is 11.9 Å². The molecule has 2 aromatic carbocycles. The molecule has 1 amide bonds. The summed E-state index contributed by atoms with van der Waals surface area (Å²) in [5.74, 6) is -0.187. The topological polar surface area (TPSA) is 34.4 Å². The molecule has 1 aromatic heterocycles. The Hall–Kier alpha value is -1.85. The Morgan fingerprint density at radius 3 is 2.78 bits per heavy atom. The van der Waals surface area contributed by atoms with Crippen LogP contribution in [0.3, 0.4) is 0 Å². The number of thiazole rings is 1. The van der Waals surface area contributed by atoms with Crippen LogP contribution in [0.4, 0.5) is 0 Å². The molecule has 118 valence electrons. The van der Waals surface area contributed by atoms with Crippen LogP contribution in [-0.4, -0.2) is 16.7 Å². The van der Waals surface area contributed by atoms with Crippen LogP contribution in [0.2, 0.25) is 0 Å². The number of hydrogen-bond acceptors (Lipinski definition) is 3. The van der Waals surface area contributed by atoms with E-state index in [-0.39, 0.29) is 5.91 Å². The van der Waals surface area contributed by atoms with Crippen LogP contribution in [0.5, 0.6) is 0 Å². The molecular weight excluding hydrogens is 324 g/mol. The summed E-state index contributed by atoms with van der Waals surface area (Å²) in [6.07, 6.45) is 2.97. The van der Waals surface area contributed by atoms with Crippen LogP contribution in [0.25, 0.3) is 10.2 Å². The lowest BCUT2D eigenvalue weighted by atomic mass is 10.2. The number of amides is 1. The normalized spacial score (nSPS) is 12.0. The highest BCUT2D eigenvalue weighted by molar-refractivity contribution is 7.98. The number of rotatable bonds is 3. The van der Waals surface area contributed by atoms with Crippen LogP contribution < -0.4 is 4.80 Å². The summed E-state index contributed by atoms with van der Waals surface area (Å²) in [4.78, 5) is 18.6. The lowest BCUT2D eigenvalue weighted by molar-refractivity contribution is 0.0995. The molecule has 0 radical (unpaired) electrons. The summed E-state index contributed by atoms with van der Waals surface area (Å²) in [6.45, 7) is 2.14. The van der Waals surface area contributed by atoms with Crippen molar-refractivity contribution in [1.29, 1.82) is 0 Å². The zero-order valence-electron chi connectivity index (χ0n) is 13.4. The minimum Gasteiger partial charge on any atom is -0.319 e. The second-order valence-electron chi connectivity index (χ2n) is 5.22. The van der Waals surface area contributed by atoms with E-state index >= 15 is 0 Å². The van der Waals surface area contributed by atoms with E-state index < -0.39 is 0 Å². The molecular formula is C18H18N2OS2. The van der Waals surface area contributed by atoms with E-state index in [1.165, 1.54) is 5.56 Å². The number of fused-ring (bicyclic) bond motifs is 1.